The summed E-state index contributed by atoms with van der Waals surface area (Å²) in [7, 11) is 0. The van der Waals surface area contributed by atoms with Crippen LogP contribution in [0.2, 0.25) is 0 Å². The molecule has 0 aromatic carbocycles. The van der Waals surface area contributed by atoms with Gasteiger partial charge in [0, 0.05) is 25.6 Å². The van der Waals surface area contributed by atoms with Crippen molar-refractivity contribution in [1.29, 1.82) is 0 Å². The first kappa shape index (κ1) is 15.7. The van der Waals surface area contributed by atoms with Gasteiger partial charge >= 0.3 is 0 Å². The minimum Gasteiger partial charge on any atom is -0.393 e. The van der Waals surface area contributed by atoms with Gasteiger partial charge in [-0.2, -0.15) is 0 Å². The third kappa shape index (κ3) is 5.40. The fourth-order valence-electron chi connectivity index (χ4n) is 1.53. The summed E-state index contributed by atoms with van der Waals surface area (Å²) in [5, 5.41) is 25.0. The molecule has 19 heavy (non-hydrogen) atoms. The predicted octanol–water partition coefficient (Wildman–Crippen LogP) is 1.02. The Morgan fingerprint density at radius 3 is 2.37 bits per heavy atom. The number of hydrogen-bond acceptors (Lipinski definition) is 6. The zero-order valence-electron chi connectivity index (χ0n) is 11.9. The first-order chi connectivity index (χ1) is 9.00. The minimum atomic E-state index is -1.16. The Balaban J connectivity index is 2.80. The van der Waals surface area contributed by atoms with Crippen molar-refractivity contribution in [3.8, 4) is 0 Å². The number of aliphatic hydroxyl groups is 2. The summed E-state index contributed by atoms with van der Waals surface area (Å²) in [6.07, 6.45) is 1.79. The number of nitrogens with one attached hydrogen (secondary N) is 2. The molecule has 0 aliphatic carbocycles. The van der Waals surface area contributed by atoms with Crippen LogP contribution in [0.3, 0.4) is 0 Å². The number of anilines is 2. The molecule has 108 valence electrons. The van der Waals surface area contributed by atoms with E-state index in [4.69, 9.17) is 5.11 Å². The van der Waals surface area contributed by atoms with E-state index in [9.17, 15) is 5.11 Å². The van der Waals surface area contributed by atoms with E-state index in [0.717, 1.165) is 31.0 Å². The number of nitrogens with zero attached hydrogens (tertiary/aromatic N) is 2. The van der Waals surface area contributed by atoms with E-state index in [0.29, 0.717) is 5.82 Å². The van der Waals surface area contributed by atoms with Gasteiger partial charge in [-0.15, -0.1) is 0 Å². The van der Waals surface area contributed by atoms with Crippen LogP contribution in [0.15, 0.2) is 6.07 Å². The molecule has 0 spiro atoms. The molecule has 0 saturated heterocycles. The molecule has 0 amide bonds. The van der Waals surface area contributed by atoms with E-state index >= 15 is 0 Å². The number of aromatic nitrogens is 2. The smallest absolute Gasteiger partial charge is 0.133 e. The Kier molecular flexibility index (Phi) is 5.98. The van der Waals surface area contributed by atoms with Gasteiger partial charge in [0.05, 0.1) is 6.61 Å². The van der Waals surface area contributed by atoms with Gasteiger partial charge in [0.25, 0.3) is 0 Å². The third-order valence-electron chi connectivity index (χ3n) is 2.59. The maximum Gasteiger partial charge on any atom is 0.133 e. The Morgan fingerprint density at radius 2 is 1.84 bits per heavy atom. The summed E-state index contributed by atoms with van der Waals surface area (Å²) < 4.78 is 0. The van der Waals surface area contributed by atoms with Crippen molar-refractivity contribution < 1.29 is 10.2 Å². The van der Waals surface area contributed by atoms with Crippen molar-refractivity contribution in [3.05, 3.63) is 11.9 Å². The van der Waals surface area contributed by atoms with Crippen LogP contribution in [-0.2, 0) is 6.42 Å². The second kappa shape index (κ2) is 7.25. The van der Waals surface area contributed by atoms with Gasteiger partial charge in [-0.05, 0) is 20.3 Å². The average Bonchev–Trinajstić information content (AvgIpc) is 2.37. The van der Waals surface area contributed by atoms with E-state index in [-0.39, 0.29) is 13.2 Å². The molecule has 0 bridgehead atoms. The zero-order valence-corrected chi connectivity index (χ0v) is 11.9. The Bertz CT molecular complexity index is 372. The standard InChI is InChI=1S/C13H24N4O2/c1-4-6-10-16-11(14-5-2)7-12(17-10)15-8-13(3,19)9-18/h7,18-19H,4-6,8-9H2,1-3H3,(H2,14,15,16,17). The van der Waals surface area contributed by atoms with Crippen molar-refractivity contribution in [2.75, 3.05) is 30.3 Å². The van der Waals surface area contributed by atoms with Gasteiger partial charge in [0.2, 0.25) is 0 Å². The van der Waals surface area contributed by atoms with Gasteiger partial charge in [0.1, 0.15) is 23.1 Å². The Labute approximate surface area is 114 Å². The third-order valence-corrected chi connectivity index (χ3v) is 2.59. The SMILES string of the molecule is CCCc1nc(NCC)cc(NCC(C)(O)CO)n1. The molecular weight excluding hydrogens is 244 g/mol. The van der Waals surface area contributed by atoms with E-state index in [1.807, 2.05) is 6.92 Å². The quantitative estimate of drug-likeness (QED) is 0.563. The second-order valence-electron chi connectivity index (χ2n) is 4.84. The highest BCUT2D eigenvalue weighted by Crippen LogP contribution is 2.13. The molecule has 0 aliphatic heterocycles. The predicted molar refractivity (Wildman–Crippen MR) is 76.4 cm³/mol. The zero-order chi connectivity index (χ0) is 14.3. The highest BCUT2D eigenvalue weighted by Gasteiger charge is 2.18. The van der Waals surface area contributed by atoms with Crippen LogP contribution in [0.5, 0.6) is 0 Å². The second-order valence-corrected chi connectivity index (χ2v) is 4.84. The minimum absolute atomic E-state index is 0.234. The highest BCUT2D eigenvalue weighted by molar-refractivity contribution is 5.47. The van der Waals surface area contributed by atoms with Crippen molar-refractivity contribution in [3.63, 3.8) is 0 Å². The highest BCUT2D eigenvalue weighted by atomic mass is 16.3. The van der Waals surface area contributed by atoms with Crippen LogP contribution in [0, 0.1) is 0 Å². The van der Waals surface area contributed by atoms with Crippen molar-refractivity contribution in [2.24, 2.45) is 0 Å². The van der Waals surface area contributed by atoms with E-state index in [1.165, 1.54) is 0 Å². The van der Waals surface area contributed by atoms with Crippen LogP contribution >= 0.6 is 0 Å². The average molecular weight is 268 g/mol. The van der Waals surface area contributed by atoms with Gasteiger partial charge in [-0.1, -0.05) is 6.92 Å². The van der Waals surface area contributed by atoms with Crippen molar-refractivity contribution in [2.45, 2.75) is 39.2 Å². The fourth-order valence-corrected chi connectivity index (χ4v) is 1.53. The van der Waals surface area contributed by atoms with Gasteiger partial charge in [0.15, 0.2) is 0 Å². The summed E-state index contributed by atoms with van der Waals surface area (Å²) in [6.45, 7) is 6.37. The maximum absolute atomic E-state index is 9.76. The molecule has 6 heteroatoms. The summed E-state index contributed by atoms with van der Waals surface area (Å²) in [6, 6.07) is 1.80. The van der Waals surface area contributed by atoms with Crippen LogP contribution in [0.1, 0.15) is 33.0 Å². The fraction of sp³-hybridized carbons (Fsp3) is 0.692. The number of aryl methyl sites for hydroxylation is 1. The van der Waals surface area contributed by atoms with Crippen molar-refractivity contribution in [1.82, 2.24) is 9.97 Å². The molecule has 1 heterocycles. The molecule has 1 aromatic rings. The summed E-state index contributed by atoms with van der Waals surface area (Å²) in [4.78, 5) is 8.79. The summed E-state index contributed by atoms with van der Waals surface area (Å²) in [5.74, 6) is 2.20. The molecule has 6 nitrogen and oxygen atoms in total. The molecule has 4 N–H and O–H groups in total. The first-order valence-electron chi connectivity index (χ1n) is 6.69. The van der Waals surface area contributed by atoms with Crippen LogP contribution in [-0.4, -0.2) is 45.5 Å². The lowest BCUT2D eigenvalue weighted by Gasteiger charge is -2.21. The van der Waals surface area contributed by atoms with Gasteiger partial charge in [-0.25, -0.2) is 9.97 Å². The normalized spacial score (nSPS) is 13.9. The summed E-state index contributed by atoms with van der Waals surface area (Å²) in [5.41, 5.74) is -1.16. The lowest BCUT2D eigenvalue weighted by atomic mass is 10.1. The van der Waals surface area contributed by atoms with E-state index in [2.05, 4.69) is 27.5 Å². The molecule has 1 atom stereocenters. The molecular formula is C13H24N4O2. The van der Waals surface area contributed by atoms with E-state index in [1.54, 1.807) is 13.0 Å². The lowest BCUT2D eigenvalue weighted by Crippen LogP contribution is -2.37. The van der Waals surface area contributed by atoms with Crippen LogP contribution < -0.4 is 10.6 Å². The largest absolute Gasteiger partial charge is 0.393 e. The maximum atomic E-state index is 9.76. The lowest BCUT2D eigenvalue weighted by molar-refractivity contribution is 0.0131. The number of aliphatic hydroxyl groups excluding tert-OH is 1. The molecule has 1 aromatic heterocycles. The molecule has 0 aliphatic rings. The Morgan fingerprint density at radius 1 is 1.21 bits per heavy atom. The molecule has 0 fully saturated rings. The number of hydrogen-bond donors (Lipinski definition) is 4. The Hall–Kier alpha value is -1.40. The number of rotatable bonds is 8. The molecule has 1 rings (SSSR count). The summed E-state index contributed by atoms with van der Waals surface area (Å²) >= 11 is 0. The first-order valence-corrected chi connectivity index (χ1v) is 6.69. The monoisotopic (exact) mass is 268 g/mol. The molecule has 0 radical (unpaired) electrons. The molecule has 1 unspecified atom stereocenters. The van der Waals surface area contributed by atoms with Gasteiger partial charge in [-0.3, -0.25) is 0 Å². The van der Waals surface area contributed by atoms with Crippen LogP contribution in [0.25, 0.3) is 0 Å². The molecule has 0 saturated carbocycles. The van der Waals surface area contributed by atoms with Gasteiger partial charge < -0.3 is 20.8 Å². The van der Waals surface area contributed by atoms with Crippen LogP contribution in [0.4, 0.5) is 11.6 Å². The topological polar surface area (TPSA) is 90.3 Å². The van der Waals surface area contributed by atoms with E-state index < -0.39 is 5.60 Å². The van der Waals surface area contributed by atoms with Crippen molar-refractivity contribution >= 4 is 11.6 Å².